The van der Waals surface area contributed by atoms with Gasteiger partial charge in [0.1, 0.15) is 0 Å². The van der Waals surface area contributed by atoms with Crippen molar-refractivity contribution < 1.29 is 9.47 Å². The molecule has 0 heterocycles. The summed E-state index contributed by atoms with van der Waals surface area (Å²) in [4.78, 5) is 4.66. The van der Waals surface area contributed by atoms with Crippen molar-refractivity contribution >= 4 is 5.96 Å². The number of guanidine groups is 1. The first kappa shape index (κ1) is 19.1. The van der Waals surface area contributed by atoms with Gasteiger partial charge in [-0.2, -0.15) is 0 Å². The van der Waals surface area contributed by atoms with Crippen molar-refractivity contribution in [3.63, 3.8) is 0 Å². The summed E-state index contributed by atoms with van der Waals surface area (Å²) in [6, 6.07) is 6.29. The Balaban J connectivity index is 2.84. The molecule has 23 heavy (non-hydrogen) atoms. The van der Waals surface area contributed by atoms with Gasteiger partial charge in [0.2, 0.25) is 0 Å². The highest BCUT2D eigenvalue weighted by Gasteiger charge is 2.09. The molecule has 5 heteroatoms. The molecule has 0 saturated heterocycles. The topological polar surface area (TPSA) is 54.9 Å². The van der Waals surface area contributed by atoms with Crippen LogP contribution in [0.4, 0.5) is 0 Å². The Morgan fingerprint density at radius 1 is 1.17 bits per heavy atom. The van der Waals surface area contributed by atoms with E-state index in [0.29, 0.717) is 25.1 Å². The van der Waals surface area contributed by atoms with Crippen LogP contribution in [0.2, 0.25) is 0 Å². The fraction of sp³-hybridized carbons (Fsp3) is 0.611. The van der Waals surface area contributed by atoms with E-state index in [1.54, 1.807) is 7.11 Å². The molecule has 0 aliphatic heterocycles. The molecule has 5 nitrogen and oxygen atoms in total. The van der Waals surface area contributed by atoms with Gasteiger partial charge in [-0.05, 0) is 44.4 Å². The number of rotatable bonds is 8. The van der Waals surface area contributed by atoms with Crippen LogP contribution in [0.25, 0.3) is 0 Å². The quantitative estimate of drug-likeness (QED) is 0.570. The molecule has 0 spiro atoms. The van der Waals surface area contributed by atoms with Gasteiger partial charge < -0.3 is 20.1 Å². The Bertz CT molecular complexity index is 501. The maximum absolute atomic E-state index is 5.61. The first-order chi connectivity index (χ1) is 11.0. The highest BCUT2D eigenvalue weighted by Crippen LogP contribution is 2.28. The van der Waals surface area contributed by atoms with Crippen LogP contribution in [-0.2, 0) is 6.54 Å². The average molecular weight is 321 g/mol. The Morgan fingerprint density at radius 3 is 2.48 bits per heavy atom. The number of ether oxygens (including phenoxy) is 2. The summed E-state index contributed by atoms with van der Waals surface area (Å²) in [6.07, 6.45) is 0. The first-order valence-electron chi connectivity index (χ1n) is 8.36. The van der Waals surface area contributed by atoms with Gasteiger partial charge in [-0.25, -0.2) is 4.99 Å². The van der Waals surface area contributed by atoms with Crippen molar-refractivity contribution in [3.8, 4) is 11.5 Å². The molecule has 0 aliphatic rings. The highest BCUT2D eigenvalue weighted by molar-refractivity contribution is 5.80. The van der Waals surface area contributed by atoms with Crippen molar-refractivity contribution in [2.24, 2.45) is 10.9 Å². The number of methoxy groups -OCH3 is 1. The summed E-state index contributed by atoms with van der Waals surface area (Å²) in [7, 11) is 1.65. The van der Waals surface area contributed by atoms with E-state index in [2.05, 4.69) is 43.3 Å². The zero-order valence-electron chi connectivity index (χ0n) is 15.3. The number of benzene rings is 1. The van der Waals surface area contributed by atoms with Crippen LogP contribution in [0.15, 0.2) is 23.2 Å². The van der Waals surface area contributed by atoms with Gasteiger partial charge in [-0.3, -0.25) is 0 Å². The third kappa shape index (κ3) is 6.38. The monoisotopic (exact) mass is 321 g/mol. The molecule has 0 amide bonds. The van der Waals surface area contributed by atoms with Crippen LogP contribution in [0.1, 0.15) is 40.2 Å². The largest absolute Gasteiger partial charge is 0.493 e. The molecular weight excluding hydrogens is 290 g/mol. The molecule has 1 unspecified atom stereocenters. The van der Waals surface area contributed by atoms with Gasteiger partial charge in [0.05, 0.1) is 20.3 Å². The van der Waals surface area contributed by atoms with Gasteiger partial charge in [0.15, 0.2) is 17.5 Å². The third-order valence-electron chi connectivity index (χ3n) is 3.66. The molecule has 0 saturated carbocycles. The molecule has 0 fully saturated rings. The van der Waals surface area contributed by atoms with Crippen molar-refractivity contribution in [1.82, 2.24) is 10.6 Å². The Kier molecular flexibility index (Phi) is 8.30. The van der Waals surface area contributed by atoms with Gasteiger partial charge >= 0.3 is 0 Å². The van der Waals surface area contributed by atoms with Gasteiger partial charge in [-0.1, -0.05) is 19.9 Å². The van der Waals surface area contributed by atoms with E-state index in [1.165, 1.54) is 0 Å². The molecule has 1 rings (SSSR count). The molecule has 130 valence electrons. The molecule has 1 aromatic carbocycles. The van der Waals surface area contributed by atoms with Crippen molar-refractivity contribution in [2.75, 3.05) is 20.3 Å². The van der Waals surface area contributed by atoms with E-state index in [4.69, 9.17) is 9.47 Å². The van der Waals surface area contributed by atoms with Crippen molar-refractivity contribution in [2.45, 2.75) is 47.2 Å². The highest BCUT2D eigenvalue weighted by atomic mass is 16.5. The fourth-order valence-electron chi connectivity index (χ4n) is 1.96. The van der Waals surface area contributed by atoms with Gasteiger partial charge in [0.25, 0.3) is 0 Å². The summed E-state index contributed by atoms with van der Waals surface area (Å²) >= 11 is 0. The second-order valence-corrected chi connectivity index (χ2v) is 5.79. The minimum atomic E-state index is 0.364. The van der Waals surface area contributed by atoms with Crippen LogP contribution < -0.4 is 20.1 Å². The molecule has 2 N–H and O–H groups in total. The molecule has 0 bridgehead atoms. The predicted molar refractivity (Wildman–Crippen MR) is 96.4 cm³/mol. The standard InChI is InChI=1S/C18H31N3O2/c1-7-19-18(21-14(5)13(3)4)20-12-15-9-10-16(22-6)17(11-15)23-8-2/h9-11,13-14H,7-8,12H2,1-6H3,(H2,19,20,21). The second kappa shape index (κ2) is 9.98. The lowest BCUT2D eigenvalue weighted by Gasteiger charge is -2.20. The van der Waals surface area contributed by atoms with Gasteiger partial charge in [0, 0.05) is 12.6 Å². The van der Waals surface area contributed by atoms with E-state index in [-0.39, 0.29) is 0 Å². The molecule has 0 radical (unpaired) electrons. The maximum atomic E-state index is 5.61. The smallest absolute Gasteiger partial charge is 0.191 e. The van der Waals surface area contributed by atoms with E-state index < -0.39 is 0 Å². The zero-order chi connectivity index (χ0) is 17.2. The normalized spacial score (nSPS) is 12.9. The lowest BCUT2D eigenvalue weighted by molar-refractivity contribution is 0.310. The minimum absolute atomic E-state index is 0.364. The SMILES string of the molecule is CCNC(=NCc1ccc(OC)c(OCC)c1)NC(C)C(C)C. The van der Waals surface area contributed by atoms with E-state index in [9.17, 15) is 0 Å². The van der Waals surface area contributed by atoms with Crippen molar-refractivity contribution in [1.29, 1.82) is 0 Å². The van der Waals surface area contributed by atoms with E-state index in [0.717, 1.165) is 29.6 Å². The van der Waals surface area contributed by atoms with Crippen LogP contribution in [0, 0.1) is 5.92 Å². The van der Waals surface area contributed by atoms with Crippen LogP contribution in [0.5, 0.6) is 11.5 Å². The van der Waals surface area contributed by atoms with Crippen LogP contribution in [-0.4, -0.2) is 32.3 Å². The fourth-order valence-corrected chi connectivity index (χ4v) is 1.96. The van der Waals surface area contributed by atoms with E-state index >= 15 is 0 Å². The third-order valence-corrected chi connectivity index (χ3v) is 3.66. The Morgan fingerprint density at radius 2 is 1.91 bits per heavy atom. The molecular formula is C18H31N3O2. The predicted octanol–water partition coefficient (Wildman–Crippen LogP) is 3.19. The molecule has 0 aromatic heterocycles. The second-order valence-electron chi connectivity index (χ2n) is 5.79. The number of hydrogen-bond donors (Lipinski definition) is 2. The molecule has 1 atom stereocenters. The number of nitrogens with one attached hydrogen (secondary N) is 2. The molecule has 0 aliphatic carbocycles. The Hall–Kier alpha value is -1.91. The summed E-state index contributed by atoms with van der Waals surface area (Å²) in [5.74, 6) is 2.89. The number of nitrogens with zero attached hydrogens (tertiary/aromatic N) is 1. The Labute approximate surface area is 140 Å². The molecule has 1 aromatic rings. The lowest BCUT2D eigenvalue weighted by Crippen LogP contribution is -2.44. The number of aliphatic imine (C=N–C) groups is 1. The first-order valence-corrected chi connectivity index (χ1v) is 8.36. The van der Waals surface area contributed by atoms with Gasteiger partial charge in [-0.15, -0.1) is 0 Å². The van der Waals surface area contributed by atoms with Crippen LogP contribution >= 0.6 is 0 Å². The van der Waals surface area contributed by atoms with Crippen molar-refractivity contribution in [3.05, 3.63) is 23.8 Å². The number of hydrogen-bond acceptors (Lipinski definition) is 3. The maximum Gasteiger partial charge on any atom is 0.191 e. The summed E-state index contributed by atoms with van der Waals surface area (Å²) in [5.41, 5.74) is 1.09. The van der Waals surface area contributed by atoms with Crippen LogP contribution in [0.3, 0.4) is 0 Å². The minimum Gasteiger partial charge on any atom is -0.493 e. The zero-order valence-corrected chi connectivity index (χ0v) is 15.3. The summed E-state index contributed by atoms with van der Waals surface area (Å²) < 4.78 is 10.9. The average Bonchev–Trinajstić information content (AvgIpc) is 2.53. The summed E-state index contributed by atoms with van der Waals surface area (Å²) in [6.45, 7) is 12.6. The van der Waals surface area contributed by atoms with E-state index in [1.807, 2.05) is 25.1 Å². The summed E-state index contributed by atoms with van der Waals surface area (Å²) in [5, 5.41) is 6.72. The lowest BCUT2D eigenvalue weighted by atomic mass is 10.1.